The van der Waals surface area contributed by atoms with E-state index in [1.807, 2.05) is 12.4 Å². The molecule has 118 valence electrons. The first-order chi connectivity index (χ1) is 10.7. The van der Waals surface area contributed by atoms with Gasteiger partial charge in [0, 0.05) is 38.1 Å². The van der Waals surface area contributed by atoms with Crippen molar-refractivity contribution in [2.45, 2.75) is 33.0 Å². The highest BCUT2D eigenvalue weighted by atomic mass is 15.2. The molecule has 0 unspecified atom stereocenters. The van der Waals surface area contributed by atoms with Gasteiger partial charge in [-0.1, -0.05) is 44.2 Å². The molecule has 1 aliphatic rings. The van der Waals surface area contributed by atoms with Gasteiger partial charge in [-0.2, -0.15) is 0 Å². The molecule has 2 heterocycles. The van der Waals surface area contributed by atoms with Crippen LogP contribution in [-0.4, -0.2) is 34.0 Å². The normalized spacial score (nSPS) is 23.7. The summed E-state index contributed by atoms with van der Waals surface area (Å²) in [4.78, 5) is 10.0. The first-order valence-corrected chi connectivity index (χ1v) is 8.20. The van der Waals surface area contributed by atoms with Crippen LogP contribution in [0.5, 0.6) is 0 Å². The molecule has 3 rings (SSSR count). The lowest BCUT2D eigenvalue weighted by Crippen LogP contribution is -2.53. The number of hydrogen-bond acceptors (Lipinski definition) is 3. The Bertz CT molecular complexity index is 540. The van der Waals surface area contributed by atoms with Crippen molar-refractivity contribution in [3.05, 3.63) is 54.1 Å². The Labute approximate surface area is 133 Å². The van der Waals surface area contributed by atoms with Crippen LogP contribution in [0.4, 0.5) is 0 Å². The van der Waals surface area contributed by atoms with Crippen LogP contribution < -0.4 is 5.32 Å². The van der Waals surface area contributed by atoms with Gasteiger partial charge in [-0.15, -0.1) is 0 Å². The molecule has 1 aromatic heterocycles. The van der Waals surface area contributed by atoms with Crippen LogP contribution in [0.2, 0.25) is 0 Å². The molecule has 0 saturated carbocycles. The summed E-state index contributed by atoms with van der Waals surface area (Å²) in [5.74, 6) is 2.30. The number of aromatic amines is 1. The van der Waals surface area contributed by atoms with E-state index in [0.29, 0.717) is 17.9 Å². The number of hydrogen-bond donors (Lipinski definition) is 2. The molecule has 2 atom stereocenters. The predicted molar refractivity (Wildman–Crippen MR) is 89.3 cm³/mol. The average molecular weight is 298 g/mol. The Kier molecular flexibility index (Phi) is 4.90. The lowest BCUT2D eigenvalue weighted by atomic mass is 9.85. The van der Waals surface area contributed by atoms with Gasteiger partial charge in [0.15, 0.2) is 0 Å². The Hall–Kier alpha value is -1.65. The number of likely N-dealkylation sites (tertiary alicyclic amines) is 1. The maximum Gasteiger partial charge on any atom is 0.120 e. The van der Waals surface area contributed by atoms with Crippen LogP contribution in [0.15, 0.2) is 42.7 Å². The monoisotopic (exact) mass is 298 g/mol. The summed E-state index contributed by atoms with van der Waals surface area (Å²) in [5, 5.41) is 3.69. The molecule has 0 aliphatic carbocycles. The van der Waals surface area contributed by atoms with Gasteiger partial charge in [0.2, 0.25) is 0 Å². The maximum atomic E-state index is 4.29. The minimum atomic E-state index is 0.553. The molecule has 0 spiro atoms. The molecule has 4 heteroatoms. The van der Waals surface area contributed by atoms with E-state index in [2.05, 4.69) is 64.4 Å². The highest BCUT2D eigenvalue weighted by Gasteiger charge is 2.31. The summed E-state index contributed by atoms with van der Waals surface area (Å²) >= 11 is 0. The summed E-state index contributed by atoms with van der Waals surface area (Å²) in [6.07, 6.45) is 3.69. The van der Waals surface area contributed by atoms with Gasteiger partial charge in [-0.25, -0.2) is 4.98 Å². The van der Waals surface area contributed by atoms with Crippen molar-refractivity contribution in [2.75, 3.05) is 13.1 Å². The van der Waals surface area contributed by atoms with Crippen molar-refractivity contribution >= 4 is 0 Å². The quantitative estimate of drug-likeness (QED) is 0.892. The Morgan fingerprint density at radius 2 is 1.91 bits per heavy atom. The first kappa shape index (κ1) is 15.3. The second-order valence-electron chi connectivity index (χ2n) is 6.58. The van der Waals surface area contributed by atoms with E-state index in [0.717, 1.165) is 32.0 Å². The summed E-state index contributed by atoms with van der Waals surface area (Å²) in [6.45, 7) is 8.89. The van der Waals surface area contributed by atoms with Crippen LogP contribution in [0.1, 0.15) is 25.2 Å². The van der Waals surface area contributed by atoms with Crippen molar-refractivity contribution in [1.29, 1.82) is 0 Å². The molecule has 1 aliphatic heterocycles. The number of piperidine rings is 1. The average Bonchev–Trinajstić information content (AvgIpc) is 3.01. The fraction of sp³-hybridized carbons (Fsp3) is 0.500. The van der Waals surface area contributed by atoms with Crippen molar-refractivity contribution in [3.8, 4) is 0 Å². The van der Waals surface area contributed by atoms with Crippen LogP contribution in [0.3, 0.4) is 0 Å². The summed E-state index contributed by atoms with van der Waals surface area (Å²) in [5.41, 5.74) is 1.41. The first-order valence-electron chi connectivity index (χ1n) is 8.20. The highest BCUT2D eigenvalue weighted by Crippen LogP contribution is 2.23. The zero-order chi connectivity index (χ0) is 15.4. The third-order valence-corrected chi connectivity index (χ3v) is 4.63. The summed E-state index contributed by atoms with van der Waals surface area (Å²) in [7, 11) is 0. The fourth-order valence-electron chi connectivity index (χ4n) is 3.66. The maximum absolute atomic E-state index is 4.29. The predicted octanol–water partition coefficient (Wildman–Crippen LogP) is 2.66. The standard InChI is InChI=1S/C18H26N4/c1-14-11-22(13-16-6-4-3-5-7-16)12-15(2)18(14)21-10-17-19-8-9-20-17/h3-9,14-15,18,21H,10-13H2,1-2H3,(H,19,20)/t14-,15-/m1/s1. The molecule has 2 N–H and O–H groups in total. The third-order valence-electron chi connectivity index (χ3n) is 4.63. The number of aromatic nitrogens is 2. The van der Waals surface area contributed by atoms with Crippen LogP contribution in [0.25, 0.3) is 0 Å². The molecule has 0 amide bonds. The minimum Gasteiger partial charge on any atom is -0.348 e. The van der Waals surface area contributed by atoms with Crippen molar-refractivity contribution in [2.24, 2.45) is 11.8 Å². The minimum absolute atomic E-state index is 0.553. The Balaban J connectivity index is 1.54. The van der Waals surface area contributed by atoms with E-state index < -0.39 is 0 Å². The number of imidazole rings is 1. The number of rotatable bonds is 5. The van der Waals surface area contributed by atoms with E-state index in [1.165, 1.54) is 5.56 Å². The van der Waals surface area contributed by atoms with Gasteiger partial charge < -0.3 is 10.3 Å². The number of nitrogens with one attached hydrogen (secondary N) is 2. The second kappa shape index (κ2) is 7.07. The molecule has 4 nitrogen and oxygen atoms in total. The topological polar surface area (TPSA) is 44.0 Å². The molecule has 0 bridgehead atoms. The van der Waals surface area contributed by atoms with Crippen molar-refractivity contribution in [1.82, 2.24) is 20.2 Å². The van der Waals surface area contributed by atoms with Crippen molar-refractivity contribution in [3.63, 3.8) is 0 Å². The fourth-order valence-corrected chi connectivity index (χ4v) is 3.66. The Morgan fingerprint density at radius 3 is 2.55 bits per heavy atom. The van der Waals surface area contributed by atoms with Gasteiger partial charge in [0.1, 0.15) is 5.82 Å². The molecule has 1 fully saturated rings. The molecule has 2 aromatic rings. The number of H-pyrrole nitrogens is 1. The van der Waals surface area contributed by atoms with E-state index in [9.17, 15) is 0 Å². The second-order valence-corrected chi connectivity index (χ2v) is 6.58. The molecular formula is C18H26N4. The summed E-state index contributed by atoms with van der Waals surface area (Å²) < 4.78 is 0. The molecule has 22 heavy (non-hydrogen) atoms. The number of benzene rings is 1. The van der Waals surface area contributed by atoms with Gasteiger partial charge in [-0.3, -0.25) is 4.90 Å². The third kappa shape index (κ3) is 3.76. The van der Waals surface area contributed by atoms with E-state index in [1.54, 1.807) is 0 Å². The smallest absolute Gasteiger partial charge is 0.120 e. The largest absolute Gasteiger partial charge is 0.348 e. The van der Waals surface area contributed by atoms with E-state index >= 15 is 0 Å². The van der Waals surface area contributed by atoms with E-state index in [4.69, 9.17) is 0 Å². The van der Waals surface area contributed by atoms with Gasteiger partial charge in [0.25, 0.3) is 0 Å². The summed E-state index contributed by atoms with van der Waals surface area (Å²) in [6, 6.07) is 11.3. The lowest BCUT2D eigenvalue weighted by molar-refractivity contribution is 0.0936. The SMILES string of the molecule is C[C@@H]1CN(Cc2ccccc2)C[C@@H](C)C1NCc1ncc[nH]1. The zero-order valence-corrected chi connectivity index (χ0v) is 13.5. The molecule has 1 aromatic carbocycles. The molecular weight excluding hydrogens is 272 g/mol. The Morgan fingerprint density at radius 1 is 1.18 bits per heavy atom. The van der Waals surface area contributed by atoms with E-state index in [-0.39, 0.29) is 0 Å². The van der Waals surface area contributed by atoms with Gasteiger partial charge in [-0.05, 0) is 17.4 Å². The lowest BCUT2D eigenvalue weighted by Gasteiger charge is -2.42. The van der Waals surface area contributed by atoms with Crippen LogP contribution >= 0.6 is 0 Å². The van der Waals surface area contributed by atoms with Crippen molar-refractivity contribution < 1.29 is 0 Å². The molecule has 0 radical (unpaired) electrons. The van der Waals surface area contributed by atoms with Crippen LogP contribution in [-0.2, 0) is 13.1 Å². The molecule has 1 saturated heterocycles. The van der Waals surface area contributed by atoms with Gasteiger partial charge >= 0.3 is 0 Å². The zero-order valence-electron chi connectivity index (χ0n) is 13.5. The van der Waals surface area contributed by atoms with Crippen LogP contribution in [0, 0.1) is 11.8 Å². The number of nitrogens with zero attached hydrogens (tertiary/aromatic N) is 2. The van der Waals surface area contributed by atoms with Gasteiger partial charge in [0.05, 0.1) is 6.54 Å². The highest BCUT2D eigenvalue weighted by molar-refractivity contribution is 5.14.